The van der Waals surface area contributed by atoms with Crippen LogP contribution in [0.2, 0.25) is 5.02 Å². The minimum absolute atomic E-state index is 0.0834. The van der Waals surface area contributed by atoms with Gasteiger partial charge in [0.1, 0.15) is 5.82 Å². The molecule has 2 heterocycles. The van der Waals surface area contributed by atoms with Gasteiger partial charge in [0.2, 0.25) is 5.60 Å². The van der Waals surface area contributed by atoms with Gasteiger partial charge in [-0.1, -0.05) is 17.7 Å². The summed E-state index contributed by atoms with van der Waals surface area (Å²) < 4.78 is 18.6. The Hall–Kier alpha value is -2.46. The van der Waals surface area contributed by atoms with Gasteiger partial charge in [-0.25, -0.2) is 4.39 Å². The Morgan fingerprint density at radius 1 is 1.34 bits per heavy atom. The van der Waals surface area contributed by atoms with Gasteiger partial charge in [-0.2, -0.15) is 0 Å². The highest BCUT2D eigenvalue weighted by Crippen LogP contribution is 2.30. The van der Waals surface area contributed by atoms with E-state index in [-0.39, 0.29) is 31.1 Å². The van der Waals surface area contributed by atoms with Gasteiger partial charge in [0.25, 0.3) is 11.8 Å². The molecule has 0 aliphatic carbocycles. The second kappa shape index (κ2) is 7.42. The number of carbonyl (C=O) groups excluding carboxylic acids is 2. The number of carbonyl (C=O) groups is 2. The highest BCUT2D eigenvalue weighted by molar-refractivity contribution is 6.61. The first-order chi connectivity index (χ1) is 13.8. The first-order valence-corrected chi connectivity index (χ1v) is 9.36. The Balaban J connectivity index is 1.47. The van der Waals surface area contributed by atoms with Crippen molar-refractivity contribution < 1.29 is 28.8 Å². The van der Waals surface area contributed by atoms with E-state index in [4.69, 9.17) is 16.3 Å². The predicted octanol–water partition coefficient (Wildman–Crippen LogP) is 0.481. The molecule has 2 amide bonds. The highest BCUT2D eigenvalue weighted by atomic mass is 35.5. The fourth-order valence-corrected chi connectivity index (χ4v) is 3.83. The van der Waals surface area contributed by atoms with Crippen LogP contribution in [-0.4, -0.2) is 41.2 Å². The smallest absolute Gasteiger partial charge is 0.423 e. The summed E-state index contributed by atoms with van der Waals surface area (Å²) >= 11 is 5.79. The molecule has 2 aliphatic rings. The lowest BCUT2D eigenvalue weighted by molar-refractivity contribution is -0.149. The van der Waals surface area contributed by atoms with Crippen LogP contribution in [0.3, 0.4) is 0 Å². The Kier molecular flexibility index (Phi) is 5.08. The zero-order valence-corrected chi connectivity index (χ0v) is 15.9. The summed E-state index contributed by atoms with van der Waals surface area (Å²) in [7, 11) is -0.993. The predicted molar refractivity (Wildman–Crippen MR) is 104 cm³/mol. The number of hydrogen-bond acceptors (Lipinski definition) is 5. The number of rotatable bonds is 4. The fraction of sp³-hybridized carbons (Fsp3) is 0.263. The van der Waals surface area contributed by atoms with Crippen LogP contribution in [0, 0.1) is 5.82 Å². The summed E-state index contributed by atoms with van der Waals surface area (Å²) in [5, 5.41) is 23.1. The van der Waals surface area contributed by atoms with Crippen molar-refractivity contribution in [2.45, 2.75) is 25.2 Å². The van der Waals surface area contributed by atoms with Crippen molar-refractivity contribution in [1.29, 1.82) is 0 Å². The van der Waals surface area contributed by atoms with Gasteiger partial charge in [0.05, 0.1) is 6.61 Å². The van der Waals surface area contributed by atoms with Gasteiger partial charge in [-0.3, -0.25) is 9.59 Å². The molecule has 3 N–H and O–H groups in total. The van der Waals surface area contributed by atoms with Crippen molar-refractivity contribution >= 4 is 41.7 Å². The maximum absolute atomic E-state index is 13.4. The van der Waals surface area contributed by atoms with Gasteiger partial charge >= 0.3 is 7.12 Å². The van der Waals surface area contributed by atoms with E-state index in [1.165, 1.54) is 17.0 Å². The van der Waals surface area contributed by atoms with Gasteiger partial charge < -0.3 is 25.0 Å². The lowest BCUT2D eigenvalue weighted by atomic mass is 9.79. The Labute approximate surface area is 171 Å². The Bertz CT molecular complexity index is 986. The molecule has 1 saturated heterocycles. The molecule has 4 rings (SSSR count). The van der Waals surface area contributed by atoms with Crippen LogP contribution in [0.1, 0.15) is 17.5 Å². The third-order valence-corrected chi connectivity index (χ3v) is 5.37. The molecule has 1 fully saturated rings. The third kappa shape index (κ3) is 3.62. The molecule has 29 heavy (non-hydrogen) atoms. The molecule has 7 nitrogen and oxygen atoms in total. The van der Waals surface area contributed by atoms with E-state index >= 15 is 0 Å². The van der Waals surface area contributed by atoms with E-state index in [1.54, 1.807) is 18.2 Å². The minimum atomic E-state index is -2.22. The average molecular weight is 419 g/mol. The third-order valence-electron chi connectivity index (χ3n) is 5.15. The molecule has 0 saturated carbocycles. The van der Waals surface area contributed by atoms with E-state index in [2.05, 4.69) is 5.32 Å². The summed E-state index contributed by atoms with van der Waals surface area (Å²) in [6.45, 7) is 0.282. The molecule has 0 radical (unpaired) electrons. The van der Waals surface area contributed by atoms with Crippen LogP contribution in [0.4, 0.5) is 10.1 Å². The summed E-state index contributed by atoms with van der Waals surface area (Å²) in [4.78, 5) is 26.7. The maximum atomic E-state index is 13.4. The number of aliphatic hydroxyl groups is 1. The standard InChI is InChI=1S/C19H17BClFN2O5/c21-13-5-11(6-14(22)8-13)9-23-17(25)19(27)3-4-24(18(19)26)15-1-2-16-12(7-15)10-29-20(16)28/h1-2,5-8,27-28H,3-4,9-10H2,(H,23,25)/t19-/m1/s1. The lowest BCUT2D eigenvalue weighted by Crippen LogP contribution is -2.52. The van der Waals surface area contributed by atoms with E-state index < -0.39 is 30.4 Å². The quantitative estimate of drug-likeness (QED) is 0.496. The molecule has 2 aliphatic heterocycles. The van der Waals surface area contributed by atoms with Gasteiger partial charge in [0.15, 0.2) is 0 Å². The first-order valence-electron chi connectivity index (χ1n) is 8.98. The second-order valence-corrected chi connectivity index (χ2v) is 7.51. The average Bonchev–Trinajstić information content (AvgIpc) is 3.20. The molecule has 0 bridgehead atoms. The SMILES string of the molecule is O=C(NCc1cc(F)cc(Cl)c1)[C@]1(O)CCN(c2ccc3c(c2)COB3O)C1=O. The summed E-state index contributed by atoms with van der Waals surface area (Å²) in [6.07, 6.45) is -0.0855. The fourth-order valence-electron chi connectivity index (χ4n) is 3.59. The molecule has 150 valence electrons. The molecule has 0 aromatic heterocycles. The van der Waals surface area contributed by atoms with Crippen molar-refractivity contribution in [2.24, 2.45) is 0 Å². The van der Waals surface area contributed by atoms with Crippen molar-refractivity contribution in [3.8, 4) is 0 Å². The van der Waals surface area contributed by atoms with E-state index in [0.717, 1.165) is 11.6 Å². The van der Waals surface area contributed by atoms with Crippen LogP contribution < -0.4 is 15.7 Å². The van der Waals surface area contributed by atoms with Crippen molar-refractivity contribution in [3.05, 3.63) is 58.4 Å². The van der Waals surface area contributed by atoms with Gasteiger partial charge in [0, 0.05) is 30.2 Å². The number of nitrogens with zero attached hydrogens (tertiary/aromatic N) is 1. The van der Waals surface area contributed by atoms with E-state index in [0.29, 0.717) is 16.7 Å². The van der Waals surface area contributed by atoms with Crippen molar-refractivity contribution in [1.82, 2.24) is 5.32 Å². The molecule has 2 aromatic rings. The van der Waals surface area contributed by atoms with Gasteiger partial charge in [-0.15, -0.1) is 0 Å². The molecular formula is C19H17BClFN2O5. The number of hydrogen-bond donors (Lipinski definition) is 3. The largest absolute Gasteiger partial charge is 0.491 e. The number of fused-ring (bicyclic) bond motifs is 1. The van der Waals surface area contributed by atoms with Crippen LogP contribution in [0.25, 0.3) is 0 Å². The molecule has 1 atom stereocenters. The monoisotopic (exact) mass is 418 g/mol. The van der Waals surface area contributed by atoms with Gasteiger partial charge in [-0.05, 0) is 46.9 Å². The summed E-state index contributed by atoms with van der Waals surface area (Å²) in [5.41, 5.74) is 0.0675. The summed E-state index contributed by atoms with van der Waals surface area (Å²) in [6, 6.07) is 8.81. The van der Waals surface area contributed by atoms with Crippen LogP contribution in [0.15, 0.2) is 36.4 Å². The van der Waals surface area contributed by atoms with Crippen molar-refractivity contribution in [2.75, 3.05) is 11.4 Å². The van der Waals surface area contributed by atoms with E-state index in [9.17, 15) is 24.1 Å². The number of amides is 2. The van der Waals surface area contributed by atoms with Crippen LogP contribution in [-0.2, 0) is 27.4 Å². The lowest BCUT2D eigenvalue weighted by Gasteiger charge is -2.22. The Morgan fingerprint density at radius 3 is 2.90 bits per heavy atom. The maximum Gasteiger partial charge on any atom is 0.491 e. The molecule has 0 unspecified atom stereocenters. The molecule has 0 spiro atoms. The molecule has 2 aromatic carbocycles. The van der Waals surface area contributed by atoms with Crippen LogP contribution in [0.5, 0.6) is 0 Å². The molecular weight excluding hydrogens is 401 g/mol. The second-order valence-electron chi connectivity index (χ2n) is 7.07. The Morgan fingerprint density at radius 2 is 2.14 bits per heavy atom. The normalized spacial score (nSPS) is 20.9. The highest BCUT2D eigenvalue weighted by Gasteiger charge is 2.51. The number of anilines is 1. The number of benzene rings is 2. The topological polar surface area (TPSA) is 99.1 Å². The zero-order valence-electron chi connectivity index (χ0n) is 15.2. The number of halogens is 2. The molecule has 10 heteroatoms. The number of nitrogens with one attached hydrogen (secondary N) is 1. The zero-order chi connectivity index (χ0) is 20.8. The van der Waals surface area contributed by atoms with Crippen LogP contribution >= 0.6 is 11.6 Å². The summed E-state index contributed by atoms with van der Waals surface area (Å²) in [5.74, 6) is -2.15. The minimum Gasteiger partial charge on any atom is -0.423 e. The van der Waals surface area contributed by atoms with Crippen molar-refractivity contribution in [3.63, 3.8) is 0 Å². The first kappa shape index (κ1) is 19.8. The van der Waals surface area contributed by atoms with E-state index in [1.807, 2.05) is 0 Å².